The van der Waals surface area contributed by atoms with Crippen LogP contribution in [-0.2, 0) is 4.79 Å². The maximum absolute atomic E-state index is 10.9. The minimum Gasteiger partial charge on any atom is -0.504 e. The predicted molar refractivity (Wildman–Crippen MR) is 56.7 cm³/mol. The average Bonchev–Trinajstić information content (AvgIpc) is 2.12. The van der Waals surface area contributed by atoms with Gasteiger partial charge in [-0.15, -0.1) is 0 Å². The number of aryl methyl sites for hydroxylation is 1. The number of phenolic OH excluding ortho intramolecular Hbond substituents is 1. The summed E-state index contributed by atoms with van der Waals surface area (Å²) >= 11 is 0. The van der Waals surface area contributed by atoms with Crippen LogP contribution < -0.4 is 10.6 Å². The van der Waals surface area contributed by atoms with Crippen molar-refractivity contribution in [3.63, 3.8) is 0 Å². The van der Waals surface area contributed by atoms with E-state index in [1.165, 1.54) is 6.92 Å². The Hall–Kier alpha value is -1.71. The molecule has 3 N–H and O–H groups in total. The van der Waals surface area contributed by atoms with Gasteiger partial charge in [0.25, 0.3) is 0 Å². The Morgan fingerprint density at radius 1 is 1.43 bits per heavy atom. The molecule has 1 aromatic rings. The van der Waals surface area contributed by atoms with Gasteiger partial charge in [0.15, 0.2) is 5.75 Å². The van der Waals surface area contributed by atoms with Crippen LogP contribution >= 0.6 is 0 Å². The van der Waals surface area contributed by atoms with Gasteiger partial charge in [-0.25, -0.2) is 0 Å². The second-order valence-corrected chi connectivity index (χ2v) is 3.08. The number of anilines is 2. The van der Waals surface area contributed by atoms with E-state index in [1.807, 2.05) is 13.0 Å². The molecule has 0 heterocycles. The topological polar surface area (TPSA) is 61.4 Å². The third-order valence-electron chi connectivity index (χ3n) is 1.96. The van der Waals surface area contributed by atoms with Gasteiger partial charge in [0, 0.05) is 14.0 Å². The maximum Gasteiger partial charge on any atom is 0.221 e. The summed E-state index contributed by atoms with van der Waals surface area (Å²) in [6, 6.07) is 3.59. The Labute approximate surface area is 82.9 Å². The van der Waals surface area contributed by atoms with Gasteiger partial charge >= 0.3 is 0 Å². The van der Waals surface area contributed by atoms with Crippen LogP contribution in [0.2, 0.25) is 0 Å². The van der Waals surface area contributed by atoms with Crippen LogP contribution in [-0.4, -0.2) is 18.1 Å². The van der Waals surface area contributed by atoms with E-state index >= 15 is 0 Å². The highest BCUT2D eigenvalue weighted by Gasteiger charge is 2.09. The van der Waals surface area contributed by atoms with E-state index in [0.717, 1.165) is 5.56 Å². The highest BCUT2D eigenvalue weighted by molar-refractivity contribution is 5.93. The molecule has 1 rings (SSSR count). The van der Waals surface area contributed by atoms with Gasteiger partial charge in [0.1, 0.15) is 0 Å². The molecule has 0 bridgehead atoms. The summed E-state index contributed by atoms with van der Waals surface area (Å²) < 4.78 is 0. The fourth-order valence-electron chi connectivity index (χ4n) is 1.23. The third kappa shape index (κ3) is 1.96. The minimum absolute atomic E-state index is 0.0719. The lowest BCUT2D eigenvalue weighted by molar-refractivity contribution is -0.114. The molecule has 0 radical (unpaired) electrons. The molecule has 4 nitrogen and oxygen atoms in total. The molecular weight excluding hydrogens is 180 g/mol. The van der Waals surface area contributed by atoms with Crippen molar-refractivity contribution in [2.45, 2.75) is 13.8 Å². The number of benzene rings is 1. The summed E-state index contributed by atoms with van der Waals surface area (Å²) in [4.78, 5) is 10.9. The second kappa shape index (κ2) is 4.00. The van der Waals surface area contributed by atoms with E-state index < -0.39 is 0 Å². The lowest BCUT2D eigenvalue weighted by atomic mass is 10.1. The Balaban J connectivity index is 3.18. The molecule has 0 spiro atoms. The molecule has 0 atom stereocenters. The number of hydrogen-bond acceptors (Lipinski definition) is 3. The molecule has 0 saturated carbocycles. The first kappa shape index (κ1) is 10.4. The highest BCUT2D eigenvalue weighted by Crippen LogP contribution is 2.34. The molecule has 0 aliphatic heterocycles. The molecule has 76 valence electrons. The zero-order valence-corrected chi connectivity index (χ0v) is 8.51. The van der Waals surface area contributed by atoms with Crippen molar-refractivity contribution in [1.29, 1.82) is 0 Å². The molecule has 4 heteroatoms. The Bertz CT molecular complexity index is 361. The molecule has 0 aliphatic rings. The van der Waals surface area contributed by atoms with Gasteiger partial charge in [-0.05, 0) is 18.6 Å². The monoisotopic (exact) mass is 194 g/mol. The zero-order valence-electron chi connectivity index (χ0n) is 8.51. The molecule has 14 heavy (non-hydrogen) atoms. The number of carbonyl (C=O) groups excluding carboxylic acids is 1. The van der Waals surface area contributed by atoms with E-state index in [0.29, 0.717) is 11.4 Å². The number of amides is 1. The van der Waals surface area contributed by atoms with Crippen molar-refractivity contribution in [3.8, 4) is 5.75 Å². The van der Waals surface area contributed by atoms with Gasteiger partial charge in [0.2, 0.25) is 5.91 Å². The molecule has 0 saturated heterocycles. The first-order valence-corrected chi connectivity index (χ1v) is 4.34. The lowest BCUT2D eigenvalue weighted by Crippen LogP contribution is -2.08. The van der Waals surface area contributed by atoms with Crippen molar-refractivity contribution in [3.05, 3.63) is 17.7 Å². The van der Waals surface area contributed by atoms with E-state index in [2.05, 4.69) is 10.6 Å². The molecule has 0 fully saturated rings. The van der Waals surface area contributed by atoms with Crippen molar-refractivity contribution in [2.75, 3.05) is 17.7 Å². The van der Waals surface area contributed by atoms with Gasteiger partial charge in [-0.1, -0.05) is 6.07 Å². The molecular formula is C10H14N2O2. The second-order valence-electron chi connectivity index (χ2n) is 3.08. The summed E-state index contributed by atoms with van der Waals surface area (Å²) in [5, 5.41) is 15.2. The summed E-state index contributed by atoms with van der Waals surface area (Å²) in [5.74, 6) is -0.126. The van der Waals surface area contributed by atoms with Crippen LogP contribution in [0.5, 0.6) is 5.75 Å². The highest BCUT2D eigenvalue weighted by atomic mass is 16.3. The number of hydrogen-bond donors (Lipinski definition) is 3. The van der Waals surface area contributed by atoms with Gasteiger partial charge in [0.05, 0.1) is 11.4 Å². The molecule has 1 aromatic carbocycles. The van der Waals surface area contributed by atoms with Crippen LogP contribution in [0.15, 0.2) is 12.1 Å². The van der Waals surface area contributed by atoms with Crippen LogP contribution in [0.3, 0.4) is 0 Å². The largest absolute Gasteiger partial charge is 0.504 e. The first-order valence-electron chi connectivity index (χ1n) is 4.34. The SMILES string of the molecule is CNc1ccc(C)c(NC(C)=O)c1O. The number of nitrogens with one attached hydrogen (secondary N) is 2. The zero-order chi connectivity index (χ0) is 10.7. The standard InChI is InChI=1S/C10H14N2O2/c1-6-4-5-8(11-3)10(14)9(6)12-7(2)13/h4-5,11,14H,1-3H3,(H,12,13). The van der Waals surface area contributed by atoms with Crippen molar-refractivity contribution in [1.82, 2.24) is 0 Å². The van der Waals surface area contributed by atoms with Crippen LogP contribution in [0.1, 0.15) is 12.5 Å². The summed E-state index contributed by atoms with van der Waals surface area (Å²) in [7, 11) is 1.71. The van der Waals surface area contributed by atoms with Crippen molar-refractivity contribution in [2.24, 2.45) is 0 Å². The smallest absolute Gasteiger partial charge is 0.221 e. The summed E-state index contributed by atoms with van der Waals surface area (Å²) in [6.07, 6.45) is 0. The number of aromatic hydroxyl groups is 1. The van der Waals surface area contributed by atoms with E-state index in [9.17, 15) is 9.90 Å². The molecule has 1 amide bonds. The van der Waals surface area contributed by atoms with Gasteiger partial charge in [-0.3, -0.25) is 4.79 Å². The molecule has 0 aromatic heterocycles. The third-order valence-corrected chi connectivity index (χ3v) is 1.96. The number of rotatable bonds is 2. The predicted octanol–water partition coefficient (Wildman–Crippen LogP) is 1.70. The Morgan fingerprint density at radius 2 is 2.07 bits per heavy atom. The molecule has 0 aliphatic carbocycles. The van der Waals surface area contributed by atoms with Crippen molar-refractivity contribution < 1.29 is 9.90 Å². The van der Waals surface area contributed by atoms with Crippen LogP contribution in [0.4, 0.5) is 11.4 Å². The van der Waals surface area contributed by atoms with Gasteiger partial charge < -0.3 is 15.7 Å². The normalized spacial score (nSPS) is 9.64. The Morgan fingerprint density at radius 3 is 2.57 bits per heavy atom. The quantitative estimate of drug-likeness (QED) is 0.628. The minimum atomic E-state index is -0.198. The average molecular weight is 194 g/mol. The molecule has 0 unspecified atom stereocenters. The van der Waals surface area contributed by atoms with Crippen molar-refractivity contribution >= 4 is 17.3 Å². The summed E-state index contributed by atoms with van der Waals surface area (Å²) in [6.45, 7) is 3.23. The maximum atomic E-state index is 10.9. The number of phenols is 1. The first-order chi connectivity index (χ1) is 6.56. The lowest BCUT2D eigenvalue weighted by Gasteiger charge is -2.12. The summed E-state index contributed by atoms with van der Waals surface area (Å²) in [5.41, 5.74) is 1.89. The van der Waals surface area contributed by atoms with E-state index in [-0.39, 0.29) is 11.7 Å². The van der Waals surface area contributed by atoms with Crippen LogP contribution in [0, 0.1) is 6.92 Å². The fourth-order valence-corrected chi connectivity index (χ4v) is 1.23. The number of carbonyl (C=O) groups is 1. The Kier molecular flexibility index (Phi) is 2.96. The van der Waals surface area contributed by atoms with E-state index in [4.69, 9.17) is 0 Å². The van der Waals surface area contributed by atoms with E-state index in [1.54, 1.807) is 13.1 Å². The fraction of sp³-hybridized carbons (Fsp3) is 0.300. The van der Waals surface area contributed by atoms with Crippen LogP contribution in [0.25, 0.3) is 0 Å². The van der Waals surface area contributed by atoms with Gasteiger partial charge in [-0.2, -0.15) is 0 Å².